The predicted molar refractivity (Wildman–Crippen MR) is 159 cm³/mol. The van der Waals surface area contributed by atoms with Crippen molar-refractivity contribution in [1.82, 2.24) is 5.32 Å². The molecule has 0 spiro atoms. The molecule has 0 aliphatic carbocycles. The lowest BCUT2D eigenvalue weighted by molar-refractivity contribution is -0.120. The van der Waals surface area contributed by atoms with E-state index in [4.69, 9.17) is 32.7 Å². The second kappa shape index (κ2) is 16.0. The third kappa shape index (κ3) is 10.5. The first-order valence-corrected chi connectivity index (χ1v) is 14.0. The molecule has 0 radical (unpaired) electrons. The molecule has 0 fully saturated rings. The Bertz CT molecular complexity index is 1200. The highest BCUT2D eigenvalue weighted by molar-refractivity contribution is 6.43. The summed E-state index contributed by atoms with van der Waals surface area (Å²) in [5.41, 5.74) is 2.37. The molecule has 0 bridgehead atoms. The van der Waals surface area contributed by atoms with E-state index in [0.717, 1.165) is 62.1 Å². The van der Waals surface area contributed by atoms with E-state index in [0.29, 0.717) is 23.8 Å². The zero-order valence-electron chi connectivity index (χ0n) is 22.6. The number of nitrogens with zero attached hydrogens (tertiary/aromatic N) is 1. The van der Waals surface area contributed by atoms with Gasteiger partial charge in [-0.2, -0.15) is 0 Å². The Morgan fingerprint density at radius 2 is 1.44 bits per heavy atom. The number of carbonyl (C=O) groups excluding carboxylic acids is 2. The number of benzene rings is 3. The minimum Gasteiger partial charge on any atom is -0.494 e. The van der Waals surface area contributed by atoms with E-state index in [9.17, 15) is 9.59 Å². The van der Waals surface area contributed by atoms with Gasteiger partial charge in [0.2, 0.25) is 5.91 Å². The molecule has 0 aromatic heterocycles. The summed E-state index contributed by atoms with van der Waals surface area (Å²) < 4.78 is 11.2. The zero-order chi connectivity index (χ0) is 28.0. The molecule has 208 valence electrons. The van der Waals surface area contributed by atoms with Gasteiger partial charge >= 0.3 is 5.97 Å². The average molecular weight is 572 g/mol. The van der Waals surface area contributed by atoms with Crippen molar-refractivity contribution in [1.29, 1.82) is 0 Å². The molecule has 39 heavy (non-hydrogen) atoms. The smallest absolute Gasteiger partial charge is 0.345 e. The summed E-state index contributed by atoms with van der Waals surface area (Å²) in [7, 11) is 4.00. The van der Waals surface area contributed by atoms with Gasteiger partial charge in [0.15, 0.2) is 0 Å². The van der Waals surface area contributed by atoms with E-state index in [-0.39, 0.29) is 16.5 Å². The number of ether oxygens (including phenoxy) is 2. The fraction of sp³-hybridized carbons (Fsp3) is 0.355. The van der Waals surface area contributed by atoms with Crippen LogP contribution in [0.25, 0.3) is 0 Å². The third-order valence-electron chi connectivity index (χ3n) is 6.19. The van der Waals surface area contributed by atoms with Gasteiger partial charge in [-0.25, -0.2) is 4.79 Å². The van der Waals surface area contributed by atoms with Gasteiger partial charge in [-0.15, -0.1) is 0 Å². The number of rotatable bonds is 15. The van der Waals surface area contributed by atoms with Crippen LogP contribution < -0.4 is 19.7 Å². The summed E-state index contributed by atoms with van der Waals surface area (Å²) >= 11 is 12.0. The van der Waals surface area contributed by atoms with E-state index >= 15 is 0 Å². The maximum absolute atomic E-state index is 12.3. The lowest BCUT2D eigenvalue weighted by Gasteiger charge is -2.12. The van der Waals surface area contributed by atoms with E-state index in [1.165, 1.54) is 0 Å². The Balaban J connectivity index is 1.20. The standard InChI is InChI=1S/C31H36Cl2N2O4/c1-35(2)24-14-12-23(13-15-24)22-29(36)34-20-7-5-3-4-6-8-21-38-25-16-18-26(19-17-25)39-31(37)27-10-9-11-28(32)30(27)33/h9-19H,3-8,20-22H2,1-2H3,(H,34,36). The van der Waals surface area contributed by atoms with Crippen molar-refractivity contribution in [3.8, 4) is 11.5 Å². The van der Waals surface area contributed by atoms with E-state index < -0.39 is 5.97 Å². The molecule has 1 N–H and O–H groups in total. The minimum atomic E-state index is -0.565. The van der Waals surface area contributed by atoms with Crippen LogP contribution in [0.4, 0.5) is 5.69 Å². The van der Waals surface area contributed by atoms with Gasteiger partial charge in [0.1, 0.15) is 11.5 Å². The number of hydrogen-bond donors (Lipinski definition) is 1. The number of unbranched alkanes of at least 4 members (excludes halogenated alkanes) is 5. The second-order valence-corrected chi connectivity index (χ2v) is 10.3. The number of anilines is 1. The van der Waals surface area contributed by atoms with Gasteiger partial charge in [-0.05, 0) is 66.9 Å². The first kappa shape index (κ1) is 30.3. The highest BCUT2D eigenvalue weighted by Gasteiger charge is 2.15. The SMILES string of the molecule is CN(C)c1ccc(CC(=O)NCCCCCCCCOc2ccc(OC(=O)c3cccc(Cl)c3Cl)cc2)cc1. The van der Waals surface area contributed by atoms with Gasteiger partial charge in [0.05, 0.1) is 28.6 Å². The van der Waals surface area contributed by atoms with Crippen LogP contribution in [0.5, 0.6) is 11.5 Å². The normalized spacial score (nSPS) is 10.7. The molecule has 0 aliphatic rings. The largest absolute Gasteiger partial charge is 0.494 e. The molecule has 1 amide bonds. The Labute approximate surface area is 241 Å². The Morgan fingerprint density at radius 3 is 2.13 bits per heavy atom. The summed E-state index contributed by atoms with van der Waals surface area (Å²) in [5.74, 6) is 0.629. The Hall–Kier alpha value is -3.22. The number of carbonyl (C=O) groups is 2. The molecule has 3 aromatic carbocycles. The fourth-order valence-corrected chi connectivity index (χ4v) is 4.32. The van der Waals surface area contributed by atoms with Crippen LogP contribution in [-0.4, -0.2) is 39.1 Å². The molecule has 0 heterocycles. The topological polar surface area (TPSA) is 67.9 Å². The number of hydrogen-bond acceptors (Lipinski definition) is 5. The van der Waals surface area contributed by atoms with Gasteiger partial charge in [-0.1, -0.05) is 67.1 Å². The average Bonchev–Trinajstić information content (AvgIpc) is 2.92. The number of amides is 1. The van der Waals surface area contributed by atoms with Crippen molar-refractivity contribution in [2.75, 3.05) is 32.1 Å². The van der Waals surface area contributed by atoms with Crippen LogP contribution in [-0.2, 0) is 11.2 Å². The van der Waals surface area contributed by atoms with Crippen LogP contribution in [0, 0.1) is 0 Å². The van der Waals surface area contributed by atoms with Crippen LogP contribution in [0.1, 0.15) is 54.4 Å². The van der Waals surface area contributed by atoms with Crippen LogP contribution in [0.15, 0.2) is 66.7 Å². The quantitative estimate of drug-likeness (QED) is 0.117. The summed E-state index contributed by atoms with van der Waals surface area (Å²) in [4.78, 5) is 26.5. The van der Waals surface area contributed by atoms with Crippen molar-refractivity contribution in [2.45, 2.75) is 44.9 Å². The molecule has 0 unspecified atom stereocenters. The monoisotopic (exact) mass is 570 g/mol. The number of halogens is 2. The van der Waals surface area contributed by atoms with E-state index in [2.05, 4.69) is 5.32 Å². The minimum absolute atomic E-state index is 0.0708. The summed E-state index contributed by atoms with van der Waals surface area (Å²) in [6, 6.07) is 19.8. The molecule has 0 saturated heterocycles. The highest BCUT2D eigenvalue weighted by Crippen LogP contribution is 2.27. The maximum atomic E-state index is 12.3. The molecule has 0 aliphatic heterocycles. The first-order valence-electron chi connectivity index (χ1n) is 13.3. The van der Waals surface area contributed by atoms with Gasteiger partial charge in [-0.3, -0.25) is 4.79 Å². The van der Waals surface area contributed by atoms with Crippen LogP contribution in [0.3, 0.4) is 0 Å². The summed E-state index contributed by atoms with van der Waals surface area (Å²) in [6.07, 6.45) is 6.83. The highest BCUT2D eigenvalue weighted by atomic mass is 35.5. The second-order valence-electron chi connectivity index (χ2n) is 9.52. The lowest BCUT2D eigenvalue weighted by atomic mass is 10.1. The lowest BCUT2D eigenvalue weighted by Crippen LogP contribution is -2.26. The van der Waals surface area contributed by atoms with Crippen LogP contribution >= 0.6 is 23.2 Å². The molecule has 0 atom stereocenters. The zero-order valence-corrected chi connectivity index (χ0v) is 24.1. The fourth-order valence-electron chi connectivity index (χ4n) is 3.94. The number of nitrogens with one attached hydrogen (secondary N) is 1. The van der Waals surface area contributed by atoms with Crippen molar-refractivity contribution >= 4 is 40.8 Å². The van der Waals surface area contributed by atoms with E-state index in [1.54, 1.807) is 42.5 Å². The molecule has 3 rings (SSSR count). The van der Waals surface area contributed by atoms with Crippen molar-refractivity contribution < 1.29 is 19.1 Å². The molecule has 8 heteroatoms. The molecule has 3 aromatic rings. The Morgan fingerprint density at radius 1 is 0.795 bits per heavy atom. The number of esters is 1. The van der Waals surface area contributed by atoms with Crippen LogP contribution in [0.2, 0.25) is 10.0 Å². The molecule has 6 nitrogen and oxygen atoms in total. The first-order chi connectivity index (χ1) is 18.8. The summed E-state index contributed by atoms with van der Waals surface area (Å²) in [5, 5.41) is 3.49. The molecule has 0 saturated carbocycles. The predicted octanol–water partition coefficient (Wildman–Crippen LogP) is 7.36. The van der Waals surface area contributed by atoms with Gasteiger partial charge in [0, 0.05) is 26.3 Å². The van der Waals surface area contributed by atoms with Crippen molar-refractivity contribution in [3.63, 3.8) is 0 Å². The molecular weight excluding hydrogens is 535 g/mol. The molecular formula is C31H36Cl2N2O4. The maximum Gasteiger partial charge on any atom is 0.345 e. The third-order valence-corrected chi connectivity index (χ3v) is 7.00. The van der Waals surface area contributed by atoms with Crippen molar-refractivity contribution in [3.05, 3.63) is 87.9 Å². The Kier molecular flexibility index (Phi) is 12.5. The van der Waals surface area contributed by atoms with Gasteiger partial charge < -0.3 is 19.7 Å². The summed E-state index contributed by atoms with van der Waals surface area (Å²) in [6.45, 7) is 1.35. The van der Waals surface area contributed by atoms with Gasteiger partial charge in [0.25, 0.3) is 0 Å². The van der Waals surface area contributed by atoms with E-state index in [1.807, 2.05) is 43.3 Å². The van der Waals surface area contributed by atoms with Crippen molar-refractivity contribution in [2.24, 2.45) is 0 Å².